The summed E-state index contributed by atoms with van der Waals surface area (Å²) in [6.07, 6.45) is 1.51. The number of carbonyl (C=O) groups excluding carboxylic acids is 2. The van der Waals surface area contributed by atoms with Crippen LogP contribution in [-0.4, -0.2) is 45.9 Å². The third kappa shape index (κ3) is 5.13. The van der Waals surface area contributed by atoms with E-state index in [4.69, 9.17) is 5.73 Å². The first-order chi connectivity index (χ1) is 18.4. The van der Waals surface area contributed by atoms with Gasteiger partial charge in [0.15, 0.2) is 5.82 Å². The normalized spacial score (nSPS) is 13.6. The number of nitrogens with zero attached hydrogens (tertiary/aromatic N) is 3. The number of phenols is 1. The number of nitrogens with two attached hydrogens (primary N) is 1. The van der Waals surface area contributed by atoms with E-state index in [0.29, 0.717) is 45.9 Å². The number of aromatic hydroxyl groups is 1. The second-order valence-corrected chi connectivity index (χ2v) is 10.00. The molecular weight excluding hydrogens is 498 g/mol. The molecular formula is C29H25N5O3S. The Morgan fingerprint density at radius 3 is 2.55 bits per heavy atom. The Balaban J connectivity index is 1.60. The zero-order chi connectivity index (χ0) is 26.6. The van der Waals surface area contributed by atoms with Gasteiger partial charge in [-0.2, -0.15) is 5.26 Å². The van der Waals surface area contributed by atoms with Crippen molar-refractivity contribution in [2.45, 2.75) is 18.9 Å². The Hall–Kier alpha value is -4.52. The van der Waals surface area contributed by atoms with Gasteiger partial charge in [0.25, 0.3) is 11.8 Å². The van der Waals surface area contributed by atoms with Crippen LogP contribution in [0.2, 0.25) is 0 Å². The number of thiophene rings is 1. The molecule has 2 aromatic carbocycles. The molecule has 1 saturated heterocycles. The molecule has 3 heterocycles. The standard InChI is InChI=1S/C29H25N5O3S/c30-17-23-22(18-5-3-6-19(15-18)29(37)34-12-10-20(31)11-13-34)16-24(21-7-1-2-8-25(21)35)32-27(23)33-28(36)26-9-4-14-38-26/h1-9,14-16,20,35H,10-13,31H2,(H,32,33,36). The van der Waals surface area contributed by atoms with E-state index in [-0.39, 0.29) is 29.1 Å². The van der Waals surface area contributed by atoms with E-state index in [0.717, 1.165) is 12.8 Å². The number of rotatable bonds is 5. The summed E-state index contributed by atoms with van der Waals surface area (Å²) in [5.41, 5.74) is 8.57. The molecule has 0 atom stereocenters. The van der Waals surface area contributed by atoms with Gasteiger partial charge in [0.05, 0.1) is 10.6 Å². The lowest BCUT2D eigenvalue weighted by Gasteiger charge is -2.30. The topological polar surface area (TPSA) is 132 Å². The fourth-order valence-corrected chi connectivity index (χ4v) is 5.11. The molecule has 9 heteroatoms. The highest BCUT2D eigenvalue weighted by Gasteiger charge is 2.23. The van der Waals surface area contributed by atoms with Crippen LogP contribution in [0.25, 0.3) is 22.4 Å². The number of hydrogen-bond donors (Lipinski definition) is 3. The number of hydrogen-bond acceptors (Lipinski definition) is 7. The Bertz CT molecular complexity index is 1540. The smallest absolute Gasteiger partial charge is 0.266 e. The van der Waals surface area contributed by atoms with E-state index in [1.54, 1.807) is 77.0 Å². The van der Waals surface area contributed by atoms with Gasteiger partial charge in [0.2, 0.25) is 0 Å². The highest BCUT2D eigenvalue weighted by atomic mass is 32.1. The number of likely N-dealkylation sites (tertiary alicyclic amines) is 1. The Kier molecular flexibility index (Phi) is 7.18. The number of nitriles is 1. The van der Waals surface area contributed by atoms with Gasteiger partial charge in [-0.1, -0.05) is 30.3 Å². The monoisotopic (exact) mass is 523 g/mol. The van der Waals surface area contributed by atoms with E-state index in [1.807, 2.05) is 0 Å². The molecule has 8 nitrogen and oxygen atoms in total. The summed E-state index contributed by atoms with van der Waals surface area (Å²) in [6, 6.07) is 21.2. The molecule has 4 aromatic rings. The highest BCUT2D eigenvalue weighted by Crippen LogP contribution is 2.36. The predicted octanol–water partition coefficient (Wildman–Crippen LogP) is 4.87. The molecule has 0 bridgehead atoms. The number of pyridine rings is 1. The lowest BCUT2D eigenvalue weighted by Crippen LogP contribution is -2.42. The molecule has 5 rings (SSSR count). The zero-order valence-corrected chi connectivity index (χ0v) is 21.2. The van der Waals surface area contributed by atoms with E-state index in [9.17, 15) is 20.0 Å². The van der Waals surface area contributed by atoms with Crippen molar-refractivity contribution in [1.82, 2.24) is 9.88 Å². The number of carbonyl (C=O) groups is 2. The molecule has 1 fully saturated rings. The number of anilines is 1. The molecule has 2 aromatic heterocycles. The first kappa shape index (κ1) is 25.1. The summed E-state index contributed by atoms with van der Waals surface area (Å²) in [7, 11) is 0. The van der Waals surface area contributed by atoms with Crippen LogP contribution in [0.1, 0.15) is 38.4 Å². The second kappa shape index (κ2) is 10.8. The number of nitrogens with one attached hydrogen (secondary N) is 1. The molecule has 0 aliphatic carbocycles. The maximum absolute atomic E-state index is 13.2. The number of piperidine rings is 1. The minimum Gasteiger partial charge on any atom is -0.507 e. The minimum absolute atomic E-state index is 0.0124. The lowest BCUT2D eigenvalue weighted by atomic mass is 9.96. The first-order valence-corrected chi connectivity index (χ1v) is 13.1. The Labute approximate surface area is 224 Å². The molecule has 38 heavy (non-hydrogen) atoms. The van der Waals surface area contributed by atoms with Gasteiger partial charge < -0.3 is 21.1 Å². The molecule has 1 aliphatic heterocycles. The lowest BCUT2D eigenvalue weighted by molar-refractivity contribution is 0.0714. The molecule has 0 spiro atoms. The van der Waals surface area contributed by atoms with Gasteiger partial charge >= 0.3 is 0 Å². The van der Waals surface area contributed by atoms with E-state index >= 15 is 0 Å². The molecule has 1 aliphatic rings. The summed E-state index contributed by atoms with van der Waals surface area (Å²) in [6.45, 7) is 1.19. The van der Waals surface area contributed by atoms with Crippen molar-refractivity contribution < 1.29 is 14.7 Å². The summed E-state index contributed by atoms with van der Waals surface area (Å²) in [4.78, 5) is 32.9. The number of para-hydroxylation sites is 1. The molecule has 190 valence electrons. The summed E-state index contributed by atoms with van der Waals surface area (Å²) < 4.78 is 0. The van der Waals surface area contributed by atoms with E-state index < -0.39 is 5.91 Å². The van der Waals surface area contributed by atoms with E-state index in [1.165, 1.54) is 11.3 Å². The minimum atomic E-state index is -0.392. The molecule has 0 saturated carbocycles. The fourth-order valence-electron chi connectivity index (χ4n) is 4.49. The van der Waals surface area contributed by atoms with Crippen LogP contribution in [0, 0.1) is 11.3 Å². The number of phenolic OH excluding ortho intramolecular Hbond substituents is 1. The average Bonchev–Trinajstić information content (AvgIpc) is 3.48. The van der Waals surface area contributed by atoms with Gasteiger partial charge in [0.1, 0.15) is 17.4 Å². The SMILES string of the molecule is N#Cc1c(-c2cccc(C(=O)N3CCC(N)CC3)c2)cc(-c2ccccc2O)nc1NC(=O)c1cccs1. The maximum Gasteiger partial charge on any atom is 0.266 e. The van der Waals surface area contributed by atoms with Gasteiger partial charge in [0, 0.05) is 35.8 Å². The fraction of sp³-hybridized carbons (Fsp3) is 0.172. The van der Waals surface area contributed by atoms with Crippen LogP contribution in [0.3, 0.4) is 0 Å². The van der Waals surface area contributed by atoms with Crippen molar-refractivity contribution in [1.29, 1.82) is 5.26 Å². The molecule has 0 unspecified atom stereocenters. The third-order valence-electron chi connectivity index (χ3n) is 6.54. The van der Waals surface area contributed by atoms with Crippen molar-refractivity contribution in [2.24, 2.45) is 5.73 Å². The highest BCUT2D eigenvalue weighted by molar-refractivity contribution is 7.12. The first-order valence-electron chi connectivity index (χ1n) is 12.2. The van der Waals surface area contributed by atoms with Crippen LogP contribution in [0.5, 0.6) is 5.75 Å². The summed E-state index contributed by atoms with van der Waals surface area (Å²) in [5, 5.41) is 25.2. The van der Waals surface area contributed by atoms with Crippen molar-refractivity contribution in [3.05, 3.63) is 88.1 Å². The maximum atomic E-state index is 13.2. The zero-order valence-electron chi connectivity index (χ0n) is 20.4. The van der Waals surface area contributed by atoms with Crippen molar-refractivity contribution in [3.8, 4) is 34.2 Å². The van der Waals surface area contributed by atoms with Crippen molar-refractivity contribution in [3.63, 3.8) is 0 Å². The van der Waals surface area contributed by atoms with Gasteiger partial charge in [-0.3, -0.25) is 9.59 Å². The number of amides is 2. The Morgan fingerprint density at radius 1 is 1.05 bits per heavy atom. The molecule has 0 radical (unpaired) electrons. The van der Waals surface area contributed by atoms with Crippen molar-refractivity contribution >= 4 is 29.0 Å². The van der Waals surface area contributed by atoms with Crippen molar-refractivity contribution in [2.75, 3.05) is 18.4 Å². The van der Waals surface area contributed by atoms with Gasteiger partial charge in [-0.15, -0.1) is 11.3 Å². The van der Waals surface area contributed by atoms with Crippen LogP contribution in [-0.2, 0) is 0 Å². The largest absolute Gasteiger partial charge is 0.507 e. The summed E-state index contributed by atoms with van der Waals surface area (Å²) in [5.74, 6) is -0.406. The quantitative estimate of drug-likeness (QED) is 0.342. The molecule has 2 amide bonds. The van der Waals surface area contributed by atoms with E-state index in [2.05, 4.69) is 16.4 Å². The predicted molar refractivity (Wildman–Crippen MR) is 147 cm³/mol. The second-order valence-electron chi connectivity index (χ2n) is 9.05. The Morgan fingerprint density at radius 2 is 1.84 bits per heavy atom. The van der Waals surface area contributed by atoms with Crippen LogP contribution in [0.15, 0.2) is 72.1 Å². The number of aromatic nitrogens is 1. The summed E-state index contributed by atoms with van der Waals surface area (Å²) >= 11 is 1.27. The van der Waals surface area contributed by atoms with Gasteiger partial charge in [-0.25, -0.2) is 4.98 Å². The van der Waals surface area contributed by atoms with Crippen LogP contribution >= 0.6 is 11.3 Å². The third-order valence-corrected chi connectivity index (χ3v) is 7.40. The number of benzene rings is 2. The average molecular weight is 524 g/mol. The van der Waals surface area contributed by atoms with Crippen LogP contribution < -0.4 is 11.1 Å². The van der Waals surface area contributed by atoms with Gasteiger partial charge in [-0.05, 0) is 60.2 Å². The molecule has 4 N–H and O–H groups in total. The van der Waals surface area contributed by atoms with Crippen LogP contribution in [0.4, 0.5) is 5.82 Å².